The monoisotopic (exact) mass is 622 g/mol. The van der Waals surface area contributed by atoms with Gasteiger partial charge in [0.2, 0.25) is 0 Å². The van der Waals surface area contributed by atoms with Gasteiger partial charge in [-0.3, -0.25) is 14.4 Å². The molecular weight excluding hydrogens is 576 g/mol. The minimum absolute atomic E-state index is 0.0561. The maximum Gasteiger partial charge on any atom is 0.342 e. The number of unbranched alkanes of at least 4 members (excludes halogenated alkanes) is 4. The third-order valence-electron chi connectivity index (χ3n) is 9.83. The van der Waals surface area contributed by atoms with Crippen LogP contribution in [0, 0.1) is 11.3 Å². The van der Waals surface area contributed by atoms with E-state index in [0.717, 1.165) is 39.5 Å². The van der Waals surface area contributed by atoms with Gasteiger partial charge in [-0.05, 0) is 38.8 Å². The van der Waals surface area contributed by atoms with Crippen molar-refractivity contribution in [1.29, 1.82) is 0 Å². The lowest BCUT2D eigenvalue weighted by atomic mass is 9.55. The van der Waals surface area contributed by atoms with E-state index in [1.54, 1.807) is 13.8 Å². The lowest BCUT2D eigenvalue weighted by molar-refractivity contribution is -0.229. The van der Waals surface area contributed by atoms with Crippen molar-refractivity contribution >= 4 is 23.9 Å². The van der Waals surface area contributed by atoms with Gasteiger partial charge in [0.1, 0.15) is 18.3 Å². The van der Waals surface area contributed by atoms with Gasteiger partial charge in [0.25, 0.3) is 0 Å². The van der Waals surface area contributed by atoms with Crippen LogP contribution in [0.5, 0.6) is 0 Å². The molecule has 0 bridgehead atoms. The number of rotatable bonds is 9. The van der Waals surface area contributed by atoms with Gasteiger partial charge in [-0.15, -0.1) is 0 Å². The second kappa shape index (κ2) is 12.2. The van der Waals surface area contributed by atoms with E-state index < -0.39 is 88.6 Å². The second-order valence-corrected chi connectivity index (χ2v) is 13.2. The Morgan fingerprint density at radius 3 is 2.16 bits per heavy atom. The first kappa shape index (κ1) is 34.1. The van der Waals surface area contributed by atoms with Crippen LogP contribution in [-0.4, -0.2) is 92.6 Å². The third kappa shape index (κ3) is 5.59. The maximum atomic E-state index is 13.2. The average molecular weight is 623 g/mol. The Hall–Kier alpha value is -2.80. The van der Waals surface area contributed by atoms with Crippen LogP contribution >= 0.6 is 0 Å². The van der Waals surface area contributed by atoms with E-state index >= 15 is 0 Å². The molecule has 4 rings (SSSR count). The molecule has 12 heteroatoms. The largest absolute Gasteiger partial charge is 0.459 e. The van der Waals surface area contributed by atoms with E-state index in [0.29, 0.717) is 6.42 Å². The molecule has 0 aromatic rings. The molecule has 2 heterocycles. The highest BCUT2D eigenvalue weighted by Crippen LogP contribution is 2.65. The van der Waals surface area contributed by atoms with E-state index in [1.807, 2.05) is 0 Å². The van der Waals surface area contributed by atoms with Crippen LogP contribution in [0.15, 0.2) is 23.8 Å². The van der Waals surface area contributed by atoms with E-state index in [2.05, 4.69) is 6.92 Å². The number of hydrogen-bond acceptors (Lipinski definition) is 12. The number of esters is 4. The standard InChI is InChI=1S/C32H46O12/c1-8-9-10-11-12-13-22(36)43-24-23(37)17(2)16-21-32(31(7,44-32)28(38)42-21)27(41-19(4)34)25-29(5,26(24)40-18(3)33)15-14-20(35)30(25,6)39/h14-16,20-21,23-27,35,37,39H,8-13H2,1-7H3/b17-16-/t20-,21+,23+,24-,25-,26+,27+,29+,30-,31?,32+/m1/s1. The number of hydrogen-bond donors (Lipinski definition) is 3. The highest BCUT2D eigenvalue weighted by molar-refractivity contribution is 5.89. The van der Waals surface area contributed by atoms with Crippen molar-refractivity contribution in [3.05, 3.63) is 23.8 Å². The van der Waals surface area contributed by atoms with Gasteiger partial charge in [-0.2, -0.15) is 0 Å². The van der Waals surface area contributed by atoms with Crippen molar-refractivity contribution in [3.8, 4) is 0 Å². The first-order chi connectivity index (χ1) is 20.5. The molecule has 0 amide bonds. The molecule has 0 aromatic carbocycles. The van der Waals surface area contributed by atoms with Crippen molar-refractivity contribution in [3.63, 3.8) is 0 Å². The Morgan fingerprint density at radius 1 is 0.955 bits per heavy atom. The molecule has 0 saturated carbocycles. The van der Waals surface area contributed by atoms with E-state index in [9.17, 15) is 34.5 Å². The summed E-state index contributed by atoms with van der Waals surface area (Å²) in [4.78, 5) is 51.6. The summed E-state index contributed by atoms with van der Waals surface area (Å²) in [5, 5.41) is 34.8. The number of aliphatic hydroxyl groups excluding tert-OH is 2. The average Bonchev–Trinajstić information content (AvgIpc) is 3.52. The molecule has 2 aliphatic heterocycles. The van der Waals surface area contributed by atoms with Gasteiger partial charge in [-0.1, -0.05) is 51.7 Å². The zero-order chi connectivity index (χ0) is 32.8. The first-order valence-electron chi connectivity index (χ1n) is 15.4. The summed E-state index contributed by atoms with van der Waals surface area (Å²) in [6.45, 7) is 10.3. The lowest BCUT2D eigenvalue weighted by Crippen LogP contribution is -2.68. The second-order valence-electron chi connectivity index (χ2n) is 13.2. The molecule has 0 radical (unpaired) electrons. The predicted molar refractivity (Wildman–Crippen MR) is 154 cm³/mol. The number of aliphatic hydroxyl groups is 3. The Labute approximate surface area is 257 Å². The zero-order valence-corrected chi connectivity index (χ0v) is 26.5. The quantitative estimate of drug-likeness (QED) is 0.112. The van der Waals surface area contributed by atoms with Crippen molar-refractivity contribution < 1.29 is 58.2 Å². The van der Waals surface area contributed by atoms with Gasteiger partial charge in [-0.25, -0.2) is 4.79 Å². The maximum absolute atomic E-state index is 13.2. The SMILES string of the molecule is CCCCCCCC(=O)O[C@@H]1[C@@H](O)/C(C)=C\[C@@H]2OC(=O)C3(C)O[C@]23[C@@H](OC(C)=O)[C@H]2[C@](C)(O)[C@H](O)C=C[C@]2(C)[C@H]1OC(C)=O. The topological polar surface area (TPSA) is 178 Å². The van der Waals surface area contributed by atoms with Crippen molar-refractivity contribution in [1.82, 2.24) is 0 Å². The number of carbonyl (C=O) groups excluding carboxylic acids is 4. The number of epoxide rings is 1. The van der Waals surface area contributed by atoms with Crippen molar-refractivity contribution in [2.24, 2.45) is 11.3 Å². The first-order valence-corrected chi connectivity index (χ1v) is 15.4. The fourth-order valence-corrected chi connectivity index (χ4v) is 7.40. The smallest absolute Gasteiger partial charge is 0.342 e. The fraction of sp³-hybridized carbons (Fsp3) is 0.750. The van der Waals surface area contributed by atoms with Gasteiger partial charge in [0, 0.05) is 31.6 Å². The Bertz CT molecular complexity index is 1220. The molecule has 2 saturated heterocycles. The van der Waals surface area contributed by atoms with Crippen LogP contribution in [0.1, 0.15) is 87.0 Å². The van der Waals surface area contributed by atoms with Crippen LogP contribution < -0.4 is 0 Å². The highest BCUT2D eigenvalue weighted by Gasteiger charge is 2.88. The molecule has 3 N–H and O–H groups in total. The minimum atomic E-state index is -2.09. The third-order valence-corrected chi connectivity index (χ3v) is 9.83. The van der Waals surface area contributed by atoms with Gasteiger partial charge in [0.05, 0.1) is 5.60 Å². The molecule has 2 fully saturated rings. The van der Waals surface area contributed by atoms with Crippen LogP contribution in [0.25, 0.3) is 0 Å². The molecule has 0 aromatic heterocycles. The molecule has 4 aliphatic rings. The molecule has 1 spiro atoms. The molecule has 2 aliphatic carbocycles. The Morgan fingerprint density at radius 2 is 1.57 bits per heavy atom. The lowest BCUT2D eigenvalue weighted by Gasteiger charge is -2.55. The number of ether oxygens (including phenoxy) is 5. The summed E-state index contributed by atoms with van der Waals surface area (Å²) in [7, 11) is 0. The summed E-state index contributed by atoms with van der Waals surface area (Å²) in [6.07, 6.45) is 0.0187. The Kier molecular flexibility index (Phi) is 9.44. The number of fused-ring (bicyclic) bond motifs is 1. The minimum Gasteiger partial charge on any atom is -0.459 e. The zero-order valence-electron chi connectivity index (χ0n) is 26.5. The summed E-state index contributed by atoms with van der Waals surface area (Å²) in [5.74, 6) is -4.26. The van der Waals surface area contributed by atoms with E-state index in [1.165, 1.54) is 32.1 Å². The predicted octanol–water partition coefficient (Wildman–Crippen LogP) is 2.20. The fourth-order valence-electron chi connectivity index (χ4n) is 7.40. The van der Waals surface area contributed by atoms with Crippen molar-refractivity contribution in [2.45, 2.75) is 140 Å². The number of carbonyl (C=O) groups is 4. The van der Waals surface area contributed by atoms with Crippen LogP contribution in [0.2, 0.25) is 0 Å². The van der Waals surface area contributed by atoms with Crippen molar-refractivity contribution in [2.75, 3.05) is 0 Å². The molecule has 1 unspecified atom stereocenters. The molecule has 44 heavy (non-hydrogen) atoms. The molecule has 246 valence electrons. The molecule has 12 nitrogen and oxygen atoms in total. The van der Waals surface area contributed by atoms with Crippen LogP contribution in [0.3, 0.4) is 0 Å². The summed E-state index contributed by atoms with van der Waals surface area (Å²) < 4.78 is 29.4. The van der Waals surface area contributed by atoms with Gasteiger partial charge >= 0.3 is 23.9 Å². The van der Waals surface area contributed by atoms with Crippen LogP contribution in [0.4, 0.5) is 0 Å². The van der Waals surface area contributed by atoms with Gasteiger partial charge < -0.3 is 39.0 Å². The summed E-state index contributed by atoms with van der Waals surface area (Å²) in [5.41, 5.74) is -6.72. The van der Waals surface area contributed by atoms with Gasteiger partial charge in [0.15, 0.2) is 29.5 Å². The summed E-state index contributed by atoms with van der Waals surface area (Å²) >= 11 is 0. The van der Waals surface area contributed by atoms with Crippen LogP contribution in [-0.2, 0) is 42.9 Å². The highest BCUT2D eigenvalue weighted by atomic mass is 16.7. The van der Waals surface area contributed by atoms with E-state index in [4.69, 9.17) is 23.7 Å². The molecular formula is C32H46O12. The normalized spacial score (nSPS) is 43.7. The van der Waals surface area contributed by atoms with E-state index in [-0.39, 0.29) is 12.0 Å². The molecule has 11 atom stereocenters. The Balaban J connectivity index is 1.91. The summed E-state index contributed by atoms with van der Waals surface area (Å²) in [6, 6.07) is 0.